The molecule has 4 N–H and O–H groups in total. The summed E-state index contributed by atoms with van der Waals surface area (Å²) >= 11 is 0. The lowest BCUT2D eigenvalue weighted by Crippen LogP contribution is -2.51. The number of methoxy groups -OCH3 is 2. The Morgan fingerprint density at radius 3 is 1.43 bits per heavy atom. The highest BCUT2D eigenvalue weighted by Gasteiger charge is 2.41. The lowest BCUT2D eigenvalue weighted by Gasteiger charge is -2.36. The minimum atomic E-state index is -0.743. The predicted octanol–water partition coefficient (Wildman–Crippen LogP) is 11.3. The van der Waals surface area contributed by atoms with Crippen LogP contribution in [0.3, 0.4) is 0 Å². The molecule has 0 bridgehead atoms. The third-order valence-corrected chi connectivity index (χ3v) is 16.7. The van der Waals surface area contributed by atoms with Crippen LogP contribution >= 0.6 is 0 Å². The van der Waals surface area contributed by atoms with E-state index in [0.717, 1.165) is 85.0 Å². The van der Waals surface area contributed by atoms with Gasteiger partial charge in [-0.3, -0.25) is 9.59 Å². The van der Waals surface area contributed by atoms with Gasteiger partial charge in [0.2, 0.25) is 11.8 Å². The number of hydrogen-bond acceptors (Lipinski definition) is 10. The number of aromatic amines is 2. The third-order valence-electron chi connectivity index (χ3n) is 16.7. The SMILES string of the molecule is COC(=O)NC(C(=O)N1CCC[C@H]1c1ncc(-c2ccc([C@H]3CC[C@H](c4ccc(-c5cnc([C@@H]6CCCN6C(=O)[C@@H](NC(=O)OC)C(C)C)[nH]5)cc4)N3c3cc(F)c(N4CCC(c5ccccc5)CC4)c(F)c3)cc2)[nH]1)C(C)C. The second kappa shape index (κ2) is 23.7. The Bertz CT molecular complexity index is 2930. The zero-order valence-electron chi connectivity index (χ0n) is 45.9. The molecule has 4 aliphatic heterocycles. The maximum Gasteiger partial charge on any atom is 0.407 e. The van der Waals surface area contributed by atoms with E-state index in [1.54, 1.807) is 22.2 Å². The number of anilines is 2. The number of halogens is 2. The Labute approximate surface area is 460 Å². The molecule has 0 aliphatic carbocycles. The van der Waals surface area contributed by atoms with Gasteiger partial charge in [-0.05, 0) is 109 Å². The van der Waals surface area contributed by atoms with Gasteiger partial charge in [0.15, 0.2) is 11.6 Å². The standard InChI is InChI=1S/C61H72F2N10O6/c1-36(2)53(68-60(76)78-5)58(74)71-28-10-14-51(71)56-64-34-47(66-56)40-16-20-42(21-17-40)49-24-25-50(73(49)44-32-45(62)55(46(63)33-44)70-30-26-39(27-31-70)38-12-8-7-9-13-38)43-22-18-41(19-23-43)48-35-65-57(67-48)52-15-11-29-72(52)59(75)54(37(3)4)69-61(77)79-6/h7-9,12-13,16-23,32-37,39,49-54H,10-11,14-15,24-31H2,1-6H3,(H,64,66)(H,65,67)(H,68,76)(H,69,77)/t49-,50-,51+,52+,53+,54?/m1/s1. The number of rotatable bonds is 15. The predicted molar refractivity (Wildman–Crippen MR) is 298 cm³/mol. The molecular weight excluding hydrogens is 1010 g/mol. The number of likely N-dealkylation sites (tertiary alicyclic amines) is 2. The Morgan fingerprint density at radius 2 is 1.01 bits per heavy atom. The fourth-order valence-electron chi connectivity index (χ4n) is 12.5. The largest absolute Gasteiger partial charge is 0.453 e. The average Bonchev–Trinajstić information content (AvgIpc) is 4.51. The van der Waals surface area contributed by atoms with Gasteiger partial charge in [-0.2, -0.15) is 0 Å². The first-order valence-corrected chi connectivity index (χ1v) is 27.9. The number of nitrogens with zero attached hydrogens (tertiary/aromatic N) is 6. The lowest BCUT2D eigenvalue weighted by molar-refractivity contribution is -0.136. The first-order chi connectivity index (χ1) is 38.2. The molecule has 79 heavy (non-hydrogen) atoms. The molecule has 1 unspecified atom stereocenters. The van der Waals surface area contributed by atoms with Gasteiger partial charge in [0.1, 0.15) is 29.4 Å². The molecule has 416 valence electrons. The maximum atomic E-state index is 16.7. The van der Waals surface area contributed by atoms with Gasteiger partial charge in [0.25, 0.3) is 0 Å². The fourth-order valence-corrected chi connectivity index (χ4v) is 12.5. The molecule has 6 heterocycles. The van der Waals surface area contributed by atoms with Crippen molar-refractivity contribution in [2.45, 2.75) is 121 Å². The molecule has 18 heteroatoms. The van der Waals surface area contributed by atoms with Crippen molar-refractivity contribution in [2.24, 2.45) is 11.8 Å². The summed E-state index contributed by atoms with van der Waals surface area (Å²) in [6, 6.07) is 27.2. The number of imidazole rings is 2. The average molecular weight is 1080 g/mol. The summed E-state index contributed by atoms with van der Waals surface area (Å²) < 4.78 is 43.1. The molecular formula is C61H72F2N10O6. The van der Waals surface area contributed by atoms with Crippen LogP contribution in [0.2, 0.25) is 0 Å². The number of carbonyl (C=O) groups excluding carboxylic acids is 4. The molecule has 6 aromatic rings. The first-order valence-electron chi connectivity index (χ1n) is 27.9. The number of aromatic nitrogens is 4. The van der Waals surface area contributed by atoms with Gasteiger partial charge in [-0.25, -0.2) is 28.3 Å². The molecule has 4 saturated heterocycles. The zero-order valence-corrected chi connectivity index (χ0v) is 45.9. The van der Waals surface area contributed by atoms with Crippen molar-refractivity contribution in [1.82, 2.24) is 40.4 Å². The quantitative estimate of drug-likeness (QED) is 0.0773. The van der Waals surface area contributed by atoms with Gasteiger partial charge in [0, 0.05) is 31.9 Å². The second-order valence-electron chi connectivity index (χ2n) is 22.1. The van der Waals surface area contributed by atoms with Crippen LogP contribution in [0.5, 0.6) is 0 Å². The number of alkyl carbamates (subject to hydrolysis) is 2. The molecule has 16 nitrogen and oxygen atoms in total. The van der Waals surface area contributed by atoms with Crippen LogP contribution in [0.25, 0.3) is 22.5 Å². The number of nitrogens with one attached hydrogen (secondary N) is 4. The Balaban J connectivity index is 0.901. The number of hydrogen-bond donors (Lipinski definition) is 4. The van der Waals surface area contributed by atoms with Crippen LogP contribution in [-0.4, -0.2) is 106 Å². The van der Waals surface area contributed by atoms with Gasteiger partial charge < -0.3 is 49.7 Å². The normalized spacial score (nSPS) is 20.5. The molecule has 0 spiro atoms. The molecule has 2 aromatic heterocycles. The molecule has 4 fully saturated rings. The van der Waals surface area contributed by atoms with E-state index in [-0.39, 0.29) is 53.5 Å². The summed E-state index contributed by atoms with van der Waals surface area (Å²) in [5.74, 6) is -0.172. The van der Waals surface area contributed by atoms with Gasteiger partial charge in [0.05, 0.1) is 62.2 Å². The summed E-state index contributed by atoms with van der Waals surface area (Å²) in [4.78, 5) is 76.0. The summed E-state index contributed by atoms with van der Waals surface area (Å²) in [5, 5.41) is 5.42. The lowest BCUT2D eigenvalue weighted by atomic mass is 9.89. The second-order valence-corrected chi connectivity index (χ2v) is 22.1. The number of amides is 4. The van der Waals surface area contributed by atoms with Crippen molar-refractivity contribution in [2.75, 3.05) is 50.2 Å². The first kappa shape index (κ1) is 54.6. The minimum absolute atomic E-state index is 0.0134. The van der Waals surface area contributed by atoms with E-state index >= 15 is 8.78 Å². The minimum Gasteiger partial charge on any atom is -0.453 e. The van der Waals surface area contributed by atoms with Crippen molar-refractivity contribution in [1.29, 1.82) is 0 Å². The third kappa shape index (κ3) is 11.4. The molecule has 4 aliphatic rings. The van der Waals surface area contributed by atoms with Crippen molar-refractivity contribution in [3.05, 3.63) is 143 Å². The monoisotopic (exact) mass is 1080 g/mol. The van der Waals surface area contributed by atoms with E-state index in [1.165, 1.54) is 31.9 Å². The van der Waals surface area contributed by atoms with E-state index in [9.17, 15) is 19.2 Å². The molecule has 4 aromatic carbocycles. The highest BCUT2D eigenvalue weighted by molar-refractivity contribution is 5.87. The number of piperidine rings is 1. The van der Waals surface area contributed by atoms with Gasteiger partial charge in [-0.1, -0.05) is 107 Å². The van der Waals surface area contributed by atoms with E-state index < -0.39 is 35.9 Å². The topological polar surface area (TPSA) is 181 Å². The van der Waals surface area contributed by atoms with Crippen molar-refractivity contribution < 1.29 is 37.4 Å². The zero-order chi connectivity index (χ0) is 55.5. The summed E-state index contributed by atoms with van der Waals surface area (Å²) in [5.41, 5.74) is 7.07. The molecule has 6 atom stereocenters. The molecule has 0 radical (unpaired) electrons. The Kier molecular flexibility index (Phi) is 16.4. The van der Waals surface area contributed by atoms with Crippen molar-refractivity contribution in [3.8, 4) is 22.5 Å². The maximum absolute atomic E-state index is 16.7. The van der Waals surface area contributed by atoms with Crippen LogP contribution < -0.4 is 20.4 Å². The molecule has 4 amide bonds. The van der Waals surface area contributed by atoms with Gasteiger partial charge >= 0.3 is 12.2 Å². The summed E-state index contributed by atoms with van der Waals surface area (Å²) in [7, 11) is 2.56. The van der Waals surface area contributed by atoms with E-state index in [2.05, 4.69) is 61.9 Å². The number of benzene rings is 4. The molecule has 10 rings (SSSR count). The number of H-pyrrole nitrogens is 2. The van der Waals surface area contributed by atoms with Crippen LogP contribution in [0.15, 0.2) is 103 Å². The van der Waals surface area contributed by atoms with Crippen LogP contribution in [0.1, 0.15) is 137 Å². The summed E-state index contributed by atoms with van der Waals surface area (Å²) in [6.07, 6.45) is 8.34. The van der Waals surface area contributed by atoms with Crippen LogP contribution in [0, 0.1) is 23.5 Å². The van der Waals surface area contributed by atoms with Crippen LogP contribution in [-0.2, 0) is 19.1 Å². The smallest absolute Gasteiger partial charge is 0.407 e. The van der Waals surface area contributed by atoms with Gasteiger partial charge in [-0.15, -0.1) is 0 Å². The van der Waals surface area contributed by atoms with E-state index in [1.807, 2.05) is 75.1 Å². The highest BCUT2D eigenvalue weighted by atomic mass is 19.1. The van der Waals surface area contributed by atoms with Crippen molar-refractivity contribution in [3.63, 3.8) is 0 Å². The molecule has 0 saturated carbocycles. The van der Waals surface area contributed by atoms with E-state index in [4.69, 9.17) is 19.4 Å². The number of ether oxygens (including phenoxy) is 2. The van der Waals surface area contributed by atoms with Crippen LogP contribution in [0.4, 0.5) is 29.7 Å². The summed E-state index contributed by atoms with van der Waals surface area (Å²) in [6.45, 7) is 9.73. The Morgan fingerprint density at radius 1 is 0.570 bits per heavy atom. The number of carbonyl (C=O) groups is 4. The van der Waals surface area contributed by atoms with Crippen molar-refractivity contribution >= 4 is 35.4 Å². The highest BCUT2D eigenvalue weighted by Crippen LogP contribution is 2.49. The van der Waals surface area contributed by atoms with E-state index in [0.29, 0.717) is 49.4 Å². The fraction of sp³-hybridized carbons (Fsp3) is 0.443. The Hall–Kier alpha value is -7.76.